The number of nitrogens with zero attached hydrogens (tertiary/aromatic N) is 2. The van der Waals surface area contributed by atoms with Crippen LogP contribution in [0.4, 0.5) is 0 Å². The number of piperazine rings is 1. The number of para-hydroxylation sites is 1. The molecule has 1 aliphatic carbocycles. The zero-order valence-electron chi connectivity index (χ0n) is 13.7. The summed E-state index contributed by atoms with van der Waals surface area (Å²) in [6.45, 7) is 7.01. The van der Waals surface area contributed by atoms with Crippen molar-refractivity contribution in [2.45, 2.75) is 12.8 Å². The van der Waals surface area contributed by atoms with Gasteiger partial charge in [0.15, 0.2) is 0 Å². The fourth-order valence-corrected chi connectivity index (χ4v) is 2.82. The highest BCUT2D eigenvalue weighted by atomic mass is 16.5. The number of rotatable bonds is 8. The highest BCUT2D eigenvalue weighted by Crippen LogP contribution is 2.27. The normalized spacial score (nSPS) is 19.5. The minimum Gasteiger partial charge on any atom is -0.492 e. The van der Waals surface area contributed by atoms with Crippen molar-refractivity contribution in [3.05, 3.63) is 30.3 Å². The Hall–Kier alpha value is -1.59. The summed E-state index contributed by atoms with van der Waals surface area (Å²) in [6, 6.07) is 9.94. The third-order valence-corrected chi connectivity index (χ3v) is 4.54. The zero-order chi connectivity index (χ0) is 15.9. The summed E-state index contributed by atoms with van der Waals surface area (Å²) in [5.41, 5.74) is 0. The molecule has 0 radical (unpaired) electrons. The second-order valence-electron chi connectivity index (χ2n) is 6.53. The van der Waals surface area contributed by atoms with Crippen molar-refractivity contribution >= 4 is 5.91 Å². The summed E-state index contributed by atoms with van der Waals surface area (Å²) in [7, 11) is 0. The van der Waals surface area contributed by atoms with Crippen LogP contribution in [0.15, 0.2) is 30.3 Å². The fraction of sp³-hybridized carbons (Fsp3) is 0.611. The first-order valence-corrected chi connectivity index (χ1v) is 8.69. The Labute approximate surface area is 138 Å². The van der Waals surface area contributed by atoms with Crippen LogP contribution in [0.3, 0.4) is 0 Å². The molecule has 0 bridgehead atoms. The maximum Gasteiger partial charge on any atom is 0.234 e. The lowest BCUT2D eigenvalue weighted by Gasteiger charge is -2.34. The molecular weight excluding hydrogens is 290 g/mol. The Bertz CT molecular complexity index is 482. The first-order chi connectivity index (χ1) is 11.3. The number of ether oxygens (including phenoxy) is 1. The van der Waals surface area contributed by atoms with Crippen LogP contribution in [0.5, 0.6) is 5.75 Å². The number of hydrogen-bond donors (Lipinski definition) is 1. The van der Waals surface area contributed by atoms with Gasteiger partial charge in [-0.2, -0.15) is 0 Å². The lowest BCUT2D eigenvalue weighted by atomic mass is 10.3. The van der Waals surface area contributed by atoms with Crippen molar-refractivity contribution < 1.29 is 9.53 Å². The standard InChI is InChI=1S/C18H27N3O2/c22-18(19-14-16-6-7-16)15-21-10-8-20(9-11-21)12-13-23-17-4-2-1-3-5-17/h1-5,16H,6-15H2,(H,19,22). The number of amides is 1. The summed E-state index contributed by atoms with van der Waals surface area (Å²) in [5, 5.41) is 3.04. The van der Waals surface area contributed by atoms with Crippen molar-refractivity contribution in [2.75, 3.05) is 52.4 Å². The van der Waals surface area contributed by atoms with Gasteiger partial charge in [0.05, 0.1) is 6.54 Å². The molecule has 1 aromatic carbocycles. The Morgan fingerprint density at radius 1 is 1.09 bits per heavy atom. The van der Waals surface area contributed by atoms with Gasteiger partial charge in [-0.25, -0.2) is 0 Å². The predicted octanol–water partition coefficient (Wildman–Crippen LogP) is 1.21. The van der Waals surface area contributed by atoms with E-state index >= 15 is 0 Å². The minimum atomic E-state index is 0.178. The van der Waals surface area contributed by atoms with Crippen LogP contribution in [0.25, 0.3) is 0 Å². The fourth-order valence-electron chi connectivity index (χ4n) is 2.82. The molecule has 1 N–H and O–H groups in total. The molecule has 1 saturated carbocycles. The van der Waals surface area contributed by atoms with Crippen molar-refractivity contribution in [3.63, 3.8) is 0 Å². The molecule has 1 aliphatic heterocycles. The summed E-state index contributed by atoms with van der Waals surface area (Å²) >= 11 is 0. The Kier molecular flexibility index (Phi) is 5.88. The summed E-state index contributed by atoms with van der Waals surface area (Å²) < 4.78 is 5.74. The molecule has 5 heteroatoms. The lowest BCUT2D eigenvalue weighted by molar-refractivity contribution is -0.122. The van der Waals surface area contributed by atoms with E-state index in [0.29, 0.717) is 13.2 Å². The average molecular weight is 317 g/mol. The first kappa shape index (κ1) is 16.3. The molecule has 1 aromatic rings. The van der Waals surface area contributed by atoms with Crippen molar-refractivity contribution in [3.8, 4) is 5.75 Å². The highest BCUT2D eigenvalue weighted by Gasteiger charge is 2.23. The molecule has 2 aliphatic rings. The van der Waals surface area contributed by atoms with Gasteiger partial charge in [0.2, 0.25) is 5.91 Å². The van der Waals surface area contributed by atoms with Gasteiger partial charge in [-0.05, 0) is 30.9 Å². The van der Waals surface area contributed by atoms with E-state index in [0.717, 1.165) is 50.9 Å². The van der Waals surface area contributed by atoms with Crippen molar-refractivity contribution in [1.29, 1.82) is 0 Å². The van der Waals surface area contributed by atoms with Gasteiger partial charge in [0, 0.05) is 39.3 Å². The molecule has 3 rings (SSSR count). The van der Waals surface area contributed by atoms with E-state index in [2.05, 4.69) is 15.1 Å². The Balaban J connectivity index is 1.26. The molecule has 0 spiro atoms. The molecule has 5 nitrogen and oxygen atoms in total. The van der Waals surface area contributed by atoms with Crippen molar-refractivity contribution in [1.82, 2.24) is 15.1 Å². The largest absolute Gasteiger partial charge is 0.492 e. The number of benzene rings is 1. The molecule has 0 aromatic heterocycles. The van der Waals surface area contributed by atoms with Gasteiger partial charge in [0.25, 0.3) is 0 Å². The molecule has 1 heterocycles. The van der Waals surface area contributed by atoms with Gasteiger partial charge in [-0.1, -0.05) is 18.2 Å². The van der Waals surface area contributed by atoms with E-state index in [4.69, 9.17) is 4.74 Å². The van der Waals surface area contributed by atoms with E-state index in [1.807, 2.05) is 30.3 Å². The predicted molar refractivity (Wildman–Crippen MR) is 90.6 cm³/mol. The Morgan fingerprint density at radius 3 is 2.48 bits per heavy atom. The first-order valence-electron chi connectivity index (χ1n) is 8.69. The molecule has 2 fully saturated rings. The van der Waals surface area contributed by atoms with Crippen LogP contribution in [0, 0.1) is 5.92 Å². The zero-order valence-corrected chi connectivity index (χ0v) is 13.7. The maximum atomic E-state index is 11.9. The summed E-state index contributed by atoms with van der Waals surface area (Å²) in [6.07, 6.45) is 2.56. The van der Waals surface area contributed by atoms with Crippen LogP contribution in [-0.4, -0.2) is 68.1 Å². The van der Waals surface area contributed by atoms with E-state index in [-0.39, 0.29) is 5.91 Å². The van der Waals surface area contributed by atoms with Gasteiger partial charge >= 0.3 is 0 Å². The summed E-state index contributed by atoms with van der Waals surface area (Å²) in [5.74, 6) is 1.86. The van der Waals surface area contributed by atoms with Gasteiger partial charge in [0.1, 0.15) is 12.4 Å². The molecule has 0 unspecified atom stereocenters. The molecule has 126 valence electrons. The van der Waals surface area contributed by atoms with E-state index in [1.165, 1.54) is 12.8 Å². The second kappa shape index (κ2) is 8.31. The maximum absolute atomic E-state index is 11.9. The van der Waals surface area contributed by atoms with Crippen LogP contribution in [0.1, 0.15) is 12.8 Å². The Morgan fingerprint density at radius 2 is 1.78 bits per heavy atom. The minimum absolute atomic E-state index is 0.178. The van der Waals surface area contributed by atoms with Crippen LogP contribution in [0.2, 0.25) is 0 Å². The third-order valence-electron chi connectivity index (χ3n) is 4.54. The smallest absolute Gasteiger partial charge is 0.234 e. The number of carbonyl (C=O) groups excluding carboxylic acids is 1. The van der Waals surface area contributed by atoms with E-state index in [1.54, 1.807) is 0 Å². The van der Waals surface area contributed by atoms with Crippen LogP contribution < -0.4 is 10.1 Å². The third kappa shape index (κ3) is 5.84. The SMILES string of the molecule is O=C(CN1CCN(CCOc2ccccc2)CC1)NCC1CC1. The van der Waals surface area contributed by atoms with E-state index in [9.17, 15) is 4.79 Å². The van der Waals surface area contributed by atoms with Crippen LogP contribution in [-0.2, 0) is 4.79 Å². The number of carbonyl (C=O) groups is 1. The molecule has 1 saturated heterocycles. The quantitative estimate of drug-likeness (QED) is 0.783. The molecular formula is C18H27N3O2. The van der Waals surface area contributed by atoms with Gasteiger partial charge in [-0.15, -0.1) is 0 Å². The second-order valence-corrected chi connectivity index (χ2v) is 6.53. The monoisotopic (exact) mass is 317 g/mol. The average Bonchev–Trinajstić information content (AvgIpc) is 3.40. The van der Waals surface area contributed by atoms with Gasteiger partial charge < -0.3 is 10.1 Å². The summed E-state index contributed by atoms with van der Waals surface area (Å²) in [4.78, 5) is 16.5. The van der Waals surface area contributed by atoms with Gasteiger partial charge in [-0.3, -0.25) is 14.6 Å². The number of nitrogens with one attached hydrogen (secondary N) is 1. The lowest BCUT2D eigenvalue weighted by Crippen LogP contribution is -2.50. The molecule has 0 atom stereocenters. The van der Waals surface area contributed by atoms with Crippen LogP contribution >= 0.6 is 0 Å². The molecule has 1 amide bonds. The molecule has 23 heavy (non-hydrogen) atoms. The number of hydrogen-bond acceptors (Lipinski definition) is 4. The highest BCUT2D eigenvalue weighted by molar-refractivity contribution is 5.78. The topological polar surface area (TPSA) is 44.8 Å². The van der Waals surface area contributed by atoms with E-state index < -0.39 is 0 Å². The van der Waals surface area contributed by atoms with Crippen molar-refractivity contribution in [2.24, 2.45) is 5.92 Å².